The molecule has 1 aliphatic carbocycles. The van der Waals surface area contributed by atoms with E-state index >= 15 is 0 Å². The number of hydrogen-bond donors (Lipinski definition) is 3. The van der Waals surface area contributed by atoms with Crippen LogP contribution in [-0.2, 0) is 31.7 Å². The molecule has 1 saturated heterocycles. The molecule has 2 aromatic carbocycles. The number of carboxylic acid groups (broad SMARTS) is 1. The van der Waals surface area contributed by atoms with E-state index < -0.39 is 36.7 Å². The molecule has 2 aliphatic rings. The molecule has 0 saturated carbocycles. The molecule has 0 unspecified atom stereocenters. The molecule has 38 heavy (non-hydrogen) atoms. The van der Waals surface area contributed by atoms with Crippen LogP contribution in [0.4, 0.5) is 0 Å². The van der Waals surface area contributed by atoms with Crippen LogP contribution < -0.4 is 34.7 Å². The summed E-state index contributed by atoms with van der Waals surface area (Å²) in [6.07, 6.45) is -3.85. The van der Waals surface area contributed by atoms with E-state index in [1.54, 1.807) is 0 Å². The van der Waals surface area contributed by atoms with Gasteiger partial charge in [0.15, 0.2) is 6.29 Å². The van der Waals surface area contributed by atoms with Crippen LogP contribution in [0.3, 0.4) is 0 Å². The molecule has 1 heterocycles. The third-order valence-corrected chi connectivity index (χ3v) is 7.89. The van der Waals surface area contributed by atoms with E-state index in [-0.39, 0.29) is 47.0 Å². The minimum absolute atomic E-state index is 0. The monoisotopic (exact) mass is 532 g/mol. The van der Waals surface area contributed by atoms with Crippen LogP contribution >= 0.6 is 0 Å². The van der Waals surface area contributed by atoms with E-state index in [1.165, 1.54) is 29.5 Å². The van der Waals surface area contributed by atoms with Crippen LogP contribution in [-0.4, -0.2) is 52.0 Å². The maximum atomic E-state index is 11.1. The summed E-state index contributed by atoms with van der Waals surface area (Å²) in [6.45, 7) is 11.4. The fraction of sp³-hybridized carbons (Fsp3) is 0.500. The average Bonchev–Trinajstić information content (AvgIpc) is 2.85. The Morgan fingerprint density at radius 1 is 0.974 bits per heavy atom. The largest absolute Gasteiger partial charge is 1.00 e. The summed E-state index contributed by atoms with van der Waals surface area (Å²) in [5.41, 5.74) is 7.33. The molecule has 7 nitrogen and oxygen atoms in total. The van der Waals surface area contributed by atoms with E-state index in [2.05, 4.69) is 58.9 Å². The number of aliphatic hydroxyl groups excluding tert-OH is 3. The molecular weight excluding hydrogens is 495 g/mol. The number of allylic oxidation sites excluding steroid dienone is 1. The smallest absolute Gasteiger partial charge is 0.547 e. The average molecular weight is 533 g/mol. The Kier molecular flexibility index (Phi) is 9.71. The second-order valence-corrected chi connectivity index (χ2v) is 11.6. The van der Waals surface area contributed by atoms with Crippen molar-refractivity contribution in [1.82, 2.24) is 0 Å². The minimum atomic E-state index is -1.80. The molecular formula is C30H37NaO7. The first-order valence-electron chi connectivity index (χ1n) is 12.7. The molecule has 0 radical (unpaired) electrons. The number of aliphatic carboxylic acids is 1. The number of aliphatic hydroxyl groups is 3. The Morgan fingerprint density at radius 2 is 1.58 bits per heavy atom. The van der Waals surface area contributed by atoms with Crippen molar-refractivity contribution in [3.05, 3.63) is 70.3 Å². The van der Waals surface area contributed by atoms with Crippen molar-refractivity contribution in [3.63, 3.8) is 0 Å². The Bertz CT molecular complexity index is 1170. The second kappa shape index (κ2) is 11.9. The third kappa shape index (κ3) is 6.43. The molecule has 1 aliphatic heterocycles. The summed E-state index contributed by atoms with van der Waals surface area (Å²) in [6, 6.07) is 14.5. The van der Waals surface area contributed by atoms with Gasteiger partial charge in [0.2, 0.25) is 0 Å². The number of carboxylic acids is 1. The van der Waals surface area contributed by atoms with E-state index in [1.807, 2.05) is 24.3 Å². The van der Waals surface area contributed by atoms with Crippen LogP contribution in [0.1, 0.15) is 75.3 Å². The molecule has 4 rings (SSSR count). The number of ether oxygens (including phenoxy) is 2. The van der Waals surface area contributed by atoms with Gasteiger partial charge in [-0.1, -0.05) is 76.2 Å². The van der Waals surface area contributed by atoms with Crippen molar-refractivity contribution in [3.8, 4) is 0 Å². The van der Waals surface area contributed by atoms with Crippen molar-refractivity contribution in [2.45, 2.75) is 95.6 Å². The van der Waals surface area contributed by atoms with Crippen molar-refractivity contribution < 1.29 is 64.3 Å². The zero-order valence-electron chi connectivity index (χ0n) is 23.1. The zero-order valence-corrected chi connectivity index (χ0v) is 25.1. The van der Waals surface area contributed by atoms with Crippen LogP contribution in [0.5, 0.6) is 0 Å². The van der Waals surface area contributed by atoms with Crippen LogP contribution in [0.15, 0.2) is 42.5 Å². The summed E-state index contributed by atoms with van der Waals surface area (Å²) in [5.74, 6) is -1.69. The molecule has 200 valence electrons. The standard InChI is InChI=1S/C30H38O7.Na/c1-17(20-10-11-21-22(15-20)30(4,5)13-12-29(21,2)3)14-18-6-8-19(9-7-18)16-36-28-25(33)23(31)24(32)26(37-28)27(34)35;/h6-11,14-15,23-26,28,31-33H,12-13,16H2,1-5H3,(H,34,35);/q;+1/p-1/b17-14+;/t23-,24-,25+,26-,28+;/m0./s1. The van der Waals surface area contributed by atoms with Gasteiger partial charge in [-0.15, -0.1) is 0 Å². The van der Waals surface area contributed by atoms with Gasteiger partial charge < -0.3 is 34.7 Å². The maximum absolute atomic E-state index is 11.1. The van der Waals surface area contributed by atoms with Gasteiger partial charge in [0.05, 0.1) is 12.6 Å². The van der Waals surface area contributed by atoms with Gasteiger partial charge in [0.1, 0.15) is 24.4 Å². The second-order valence-electron chi connectivity index (χ2n) is 11.6. The molecule has 0 bridgehead atoms. The van der Waals surface area contributed by atoms with E-state index in [0.717, 1.165) is 16.7 Å². The quantitative estimate of drug-likeness (QED) is 0.345. The van der Waals surface area contributed by atoms with Crippen LogP contribution in [0, 0.1) is 0 Å². The molecule has 0 spiro atoms. The SMILES string of the molecule is C/C(=C\c1ccc(CO[C@@H]2O[C@H](C(=O)[O-])[C@@H](O)[C@H](O)[C@H]2O)cc1)c1ccc2c(c1)C(C)(C)CCC2(C)C.[Na+]. The number of carbonyl (C=O) groups excluding carboxylic acids is 1. The van der Waals surface area contributed by atoms with Gasteiger partial charge >= 0.3 is 29.6 Å². The fourth-order valence-corrected chi connectivity index (χ4v) is 5.24. The predicted molar refractivity (Wildman–Crippen MR) is 138 cm³/mol. The van der Waals surface area contributed by atoms with E-state index in [4.69, 9.17) is 9.47 Å². The first-order valence-corrected chi connectivity index (χ1v) is 12.7. The number of benzene rings is 2. The Morgan fingerprint density at radius 3 is 2.18 bits per heavy atom. The van der Waals surface area contributed by atoms with Crippen molar-refractivity contribution >= 4 is 17.6 Å². The fourth-order valence-electron chi connectivity index (χ4n) is 5.24. The molecule has 3 N–H and O–H groups in total. The van der Waals surface area contributed by atoms with E-state index in [0.29, 0.717) is 0 Å². The first-order chi connectivity index (χ1) is 17.3. The Labute approximate surface area is 246 Å². The maximum Gasteiger partial charge on any atom is 1.00 e. The summed E-state index contributed by atoms with van der Waals surface area (Å²) in [7, 11) is 0. The number of hydrogen-bond acceptors (Lipinski definition) is 7. The zero-order chi connectivity index (χ0) is 27.1. The molecule has 2 aromatic rings. The molecule has 8 heteroatoms. The van der Waals surface area contributed by atoms with Gasteiger partial charge in [0.25, 0.3) is 0 Å². The van der Waals surface area contributed by atoms with Crippen molar-refractivity contribution in [1.29, 1.82) is 0 Å². The minimum Gasteiger partial charge on any atom is -0.547 e. The number of fused-ring (bicyclic) bond motifs is 1. The molecule has 0 aromatic heterocycles. The van der Waals surface area contributed by atoms with Gasteiger partial charge in [0, 0.05) is 0 Å². The summed E-state index contributed by atoms with van der Waals surface area (Å²) >= 11 is 0. The molecule has 1 fully saturated rings. The summed E-state index contributed by atoms with van der Waals surface area (Å²) in [5, 5.41) is 40.9. The third-order valence-electron chi connectivity index (χ3n) is 7.89. The molecule has 5 atom stereocenters. The summed E-state index contributed by atoms with van der Waals surface area (Å²) < 4.78 is 10.6. The van der Waals surface area contributed by atoms with Gasteiger partial charge in [-0.05, 0) is 64.0 Å². The van der Waals surface area contributed by atoms with Crippen LogP contribution in [0.25, 0.3) is 11.6 Å². The van der Waals surface area contributed by atoms with Crippen molar-refractivity contribution in [2.75, 3.05) is 0 Å². The predicted octanol–water partition coefficient (Wildman–Crippen LogP) is -0.326. The topological polar surface area (TPSA) is 119 Å². The summed E-state index contributed by atoms with van der Waals surface area (Å²) in [4.78, 5) is 11.1. The van der Waals surface area contributed by atoms with Gasteiger partial charge in [-0.2, -0.15) is 0 Å². The Balaban J connectivity index is 0.00000400. The van der Waals surface area contributed by atoms with Crippen LogP contribution in [0.2, 0.25) is 0 Å². The van der Waals surface area contributed by atoms with Crippen molar-refractivity contribution in [2.24, 2.45) is 0 Å². The normalized spacial score (nSPS) is 28.2. The number of rotatable bonds is 6. The van der Waals surface area contributed by atoms with Gasteiger partial charge in [-0.25, -0.2) is 0 Å². The number of carbonyl (C=O) groups is 1. The van der Waals surface area contributed by atoms with Gasteiger partial charge in [-0.3, -0.25) is 0 Å². The first kappa shape index (κ1) is 31.0. The van der Waals surface area contributed by atoms with E-state index in [9.17, 15) is 25.2 Å². The molecule has 0 amide bonds. The Hall–Kier alpha value is -1.55.